The van der Waals surface area contributed by atoms with Crippen LogP contribution in [-0.2, 0) is 13.0 Å². The van der Waals surface area contributed by atoms with E-state index in [0.29, 0.717) is 22.4 Å². The molecule has 0 fully saturated rings. The summed E-state index contributed by atoms with van der Waals surface area (Å²) in [5, 5.41) is 1.18. The molecule has 3 aromatic rings. The maximum absolute atomic E-state index is 6.21. The lowest BCUT2D eigenvalue weighted by Gasteiger charge is -2.12. The summed E-state index contributed by atoms with van der Waals surface area (Å²) in [6.07, 6.45) is 2.85. The second-order valence-electron chi connectivity index (χ2n) is 6.12. The van der Waals surface area contributed by atoms with Gasteiger partial charge in [0.15, 0.2) is 0 Å². The number of ether oxygens (including phenoxy) is 1. The van der Waals surface area contributed by atoms with Crippen molar-refractivity contribution < 1.29 is 4.74 Å². The molecule has 0 aliphatic rings. The van der Waals surface area contributed by atoms with Crippen molar-refractivity contribution in [3.8, 4) is 5.75 Å². The molecule has 0 aliphatic carbocycles. The van der Waals surface area contributed by atoms with Crippen molar-refractivity contribution >= 4 is 67.0 Å². The van der Waals surface area contributed by atoms with E-state index in [9.17, 15) is 0 Å². The Balaban J connectivity index is 1.73. The summed E-state index contributed by atoms with van der Waals surface area (Å²) in [4.78, 5) is 4.54. The Kier molecular flexibility index (Phi) is 7.58. The van der Waals surface area contributed by atoms with Crippen LogP contribution < -0.4 is 4.74 Å². The van der Waals surface area contributed by atoms with Gasteiger partial charge in [-0.3, -0.25) is 4.99 Å². The van der Waals surface area contributed by atoms with E-state index in [1.807, 2.05) is 36.5 Å². The van der Waals surface area contributed by atoms with Gasteiger partial charge in [0, 0.05) is 21.8 Å². The van der Waals surface area contributed by atoms with Gasteiger partial charge in [0.1, 0.15) is 12.4 Å². The quantitative estimate of drug-likeness (QED) is 0.287. The Morgan fingerprint density at radius 2 is 1.64 bits per heavy atom. The van der Waals surface area contributed by atoms with E-state index < -0.39 is 0 Å². The molecule has 3 aromatic carbocycles. The average molecular weight is 542 g/mol. The maximum Gasteiger partial charge on any atom is 0.148 e. The molecule has 144 valence electrons. The van der Waals surface area contributed by atoms with E-state index in [1.165, 1.54) is 5.56 Å². The van der Waals surface area contributed by atoms with Gasteiger partial charge in [0.25, 0.3) is 0 Å². The molecule has 0 radical (unpaired) electrons. The van der Waals surface area contributed by atoms with E-state index in [-0.39, 0.29) is 0 Å². The SMILES string of the molecule is CCc1ccc(N=Cc2cc(Br)c(OCc3ccc(Cl)cc3Cl)c(Br)c2)cc1. The Morgan fingerprint density at radius 3 is 2.25 bits per heavy atom. The zero-order valence-electron chi connectivity index (χ0n) is 15.1. The van der Waals surface area contributed by atoms with Crippen molar-refractivity contribution in [3.63, 3.8) is 0 Å². The molecule has 0 amide bonds. The highest BCUT2D eigenvalue weighted by molar-refractivity contribution is 9.11. The van der Waals surface area contributed by atoms with E-state index in [2.05, 4.69) is 55.9 Å². The van der Waals surface area contributed by atoms with Gasteiger partial charge in [-0.15, -0.1) is 0 Å². The summed E-state index contributed by atoms with van der Waals surface area (Å²) >= 11 is 19.3. The molecular formula is C22H17Br2Cl2NO. The molecule has 2 nitrogen and oxygen atoms in total. The Bertz CT molecular complexity index is 981. The molecule has 6 heteroatoms. The monoisotopic (exact) mass is 539 g/mol. The number of benzene rings is 3. The fourth-order valence-corrected chi connectivity index (χ4v) is 4.46. The average Bonchev–Trinajstić information content (AvgIpc) is 2.67. The zero-order valence-corrected chi connectivity index (χ0v) is 19.7. The number of rotatable bonds is 6. The molecule has 0 bridgehead atoms. The highest BCUT2D eigenvalue weighted by Gasteiger charge is 2.10. The number of nitrogens with zero attached hydrogens (tertiary/aromatic N) is 1. The van der Waals surface area contributed by atoms with Crippen LogP contribution in [0, 0.1) is 0 Å². The Hall–Kier alpha value is -1.33. The van der Waals surface area contributed by atoms with Gasteiger partial charge in [-0.05, 0) is 85.8 Å². The molecule has 3 rings (SSSR count). The van der Waals surface area contributed by atoms with Crippen molar-refractivity contribution in [2.45, 2.75) is 20.0 Å². The molecule has 0 spiro atoms. The Labute approximate surface area is 191 Å². The molecule has 0 heterocycles. The first-order chi connectivity index (χ1) is 13.5. The lowest BCUT2D eigenvalue weighted by Crippen LogP contribution is -1.98. The van der Waals surface area contributed by atoms with Gasteiger partial charge in [-0.25, -0.2) is 0 Å². The van der Waals surface area contributed by atoms with Crippen LogP contribution in [0.1, 0.15) is 23.6 Å². The molecule has 0 N–H and O–H groups in total. The minimum atomic E-state index is 0.338. The topological polar surface area (TPSA) is 21.6 Å². The van der Waals surface area contributed by atoms with Crippen LogP contribution in [0.15, 0.2) is 68.5 Å². The van der Waals surface area contributed by atoms with E-state index in [0.717, 1.165) is 32.2 Å². The van der Waals surface area contributed by atoms with Crippen molar-refractivity contribution in [2.75, 3.05) is 0 Å². The van der Waals surface area contributed by atoms with Crippen LogP contribution in [0.5, 0.6) is 5.75 Å². The largest absolute Gasteiger partial charge is 0.486 e. The molecule has 0 saturated carbocycles. The summed E-state index contributed by atoms with van der Waals surface area (Å²) < 4.78 is 7.61. The predicted octanol–water partition coefficient (Wildman–Crippen LogP) is 8.41. The van der Waals surface area contributed by atoms with Crippen molar-refractivity contribution in [1.29, 1.82) is 0 Å². The third-order valence-corrected chi connectivity index (χ3v) is 5.88. The highest BCUT2D eigenvalue weighted by atomic mass is 79.9. The van der Waals surface area contributed by atoms with Gasteiger partial charge in [0.05, 0.1) is 14.6 Å². The van der Waals surface area contributed by atoms with Gasteiger partial charge in [-0.2, -0.15) is 0 Å². The van der Waals surface area contributed by atoms with Crippen LogP contribution in [0.4, 0.5) is 5.69 Å². The normalized spacial score (nSPS) is 11.2. The van der Waals surface area contributed by atoms with Crippen LogP contribution >= 0.6 is 55.1 Å². The van der Waals surface area contributed by atoms with Crippen molar-refractivity contribution in [1.82, 2.24) is 0 Å². The van der Waals surface area contributed by atoms with Crippen molar-refractivity contribution in [2.24, 2.45) is 4.99 Å². The second kappa shape index (κ2) is 9.93. The highest BCUT2D eigenvalue weighted by Crippen LogP contribution is 2.35. The number of halogens is 4. The third kappa shape index (κ3) is 5.60. The first-order valence-corrected chi connectivity index (χ1v) is 11.0. The van der Waals surface area contributed by atoms with Gasteiger partial charge >= 0.3 is 0 Å². The number of aliphatic imine (C=N–C) groups is 1. The summed E-state index contributed by atoms with van der Waals surface area (Å²) in [6, 6.07) is 17.5. The molecule has 0 aromatic heterocycles. The van der Waals surface area contributed by atoms with E-state index in [4.69, 9.17) is 27.9 Å². The molecule has 0 atom stereocenters. The van der Waals surface area contributed by atoms with E-state index in [1.54, 1.807) is 12.1 Å². The Morgan fingerprint density at radius 1 is 0.964 bits per heavy atom. The summed E-state index contributed by atoms with van der Waals surface area (Å²) in [6.45, 7) is 2.47. The minimum Gasteiger partial charge on any atom is -0.486 e. The first kappa shape index (κ1) is 21.4. The summed E-state index contributed by atoms with van der Waals surface area (Å²) in [5.41, 5.74) is 4.04. The molecule has 0 unspecified atom stereocenters. The van der Waals surface area contributed by atoms with Gasteiger partial charge in [-0.1, -0.05) is 48.3 Å². The summed E-state index contributed by atoms with van der Waals surface area (Å²) in [5.74, 6) is 0.704. The molecule has 28 heavy (non-hydrogen) atoms. The third-order valence-electron chi connectivity index (χ3n) is 4.12. The number of hydrogen-bond donors (Lipinski definition) is 0. The van der Waals surface area contributed by atoms with Crippen molar-refractivity contribution in [3.05, 3.63) is 90.3 Å². The van der Waals surface area contributed by atoms with E-state index >= 15 is 0 Å². The first-order valence-electron chi connectivity index (χ1n) is 8.65. The molecular weight excluding hydrogens is 525 g/mol. The summed E-state index contributed by atoms with van der Waals surface area (Å²) in [7, 11) is 0. The van der Waals surface area contributed by atoms with Crippen LogP contribution in [0.2, 0.25) is 10.0 Å². The smallest absolute Gasteiger partial charge is 0.148 e. The minimum absolute atomic E-state index is 0.338. The molecule has 0 aliphatic heterocycles. The number of aryl methyl sites for hydroxylation is 1. The zero-order chi connectivity index (χ0) is 20.1. The fraction of sp³-hybridized carbons (Fsp3) is 0.136. The second-order valence-corrected chi connectivity index (χ2v) is 8.67. The van der Waals surface area contributed by atoms with Gasteiger partial charge < -0.3 is 4.74 Å². The fourth-order valence-electron chi connectivity index (χ4n) is 2.55. The van der Waals surface area contributed by atoms with Crippen LogP contribution in [0.25, 0.3) is 0 Å². The number of hydrogen-bond acceptors (Lipinski definition) is 2. The lowest BCUT2D eigenvalue weighted by atomic mass is 10.1. The maximum atomic E-state index is 6.21. The molecule has 0 saturated heterocycles. The lowest BCUT2D eigenvalue weighted by molar-refractivity contribution is 0.302. The van der Waals surface area contributed by atoms with Crippen LogP contribution in [-0.4, -0.2) is 6.21 Å². The predicted molar refractivity (Wildman–Crippen MR) is 126 cm³/mol. The van der Waals surface area contributed by atoms with Gasteiger partial charge in [0.2, 0.25) is 0 Å². The van der Waals surface area contributed by atoms with Crippen LogP contribution in [0.3, 0.4) is 0 Å². The standard InChI is InChI=1S/C22H17Br2Cl2NO/c1-2-14-3-7-18(8-4-14)27-12-15-9-19(23)22(20(24)10-15)28-13-16-5-6-17(25)11-21(16)26/h3-12H,2,13H2,1H3.